The van der Waals surface area contributed by atoms with Gasteiger partial charge >= 0.3 is 0 Å². The van der Waals surface area contributed by atoms with Gasteiger partial charge in [-0.1, -0.05) is 0 Å². The minimum Gasteiger partial charge on any atom is -0.379 e. The van der Waals surface area contributed by atoms with Gasteiger partial charge in [-0.3, -0.25) is 4.90 Å². The fraction of sp³-hybridized carbons (Fsp3) is 0.538. The topological polar surface area (TPSA) is 61.2 Å². The van der Waals surface area contributed by atoms with Crippen LogP contribution in [0.3, 0.4) is 0 Å². The van der Waals surface area contributed by atoms with Gasteiger partial charge in [0.1, 0.15) is 11.9 Å². The minimum atomic E-state index is 0.638. The molecule has 0 aromatic carbocycles. The van der Waals surface area contributed by atoms with Crippen molar-refractivity contribution in [1.82, 2.24) is 9.88 Å². The highest BCUT2D eigenvalue weighted by molar-refractivity contribution is 5.55. The molecule has 0 spiro atoms. The Morgan fingerprint density at radius 1 is 1.50 bits per heavy atom. The SMILES string of the molecule is Cc1ccnc(NCCN2CCOCC2)c1C#N. The number of ether oxygens (including phenoxy) is 1. The summed E-state index contributed by atoms with van der Waals surface area (Å²) in [7, 11) is 0. The molecule has 2 rings (SSSR count). The molecule has 2 heterocycles. The van der Waals surface area contributed by atoms with E-state index in [-0.39, 0.29) is 0 Å². The molecule has 96 valence electrons. The zero-order valence-corrected chi connectivity index (χ0v) is 10.6. The number of nitriles is 1. The average Bonchev–Trinajstić information content (AvgIpc) is 2.40. The maximum atomic E-state index is 9.09. The second kappa shape index (κ2) is 6.34. The van der Waals surface area contributed by atoms with E-state index in [0.29, 0.717) is 11.4 Å². The first kappa shape index (κ1) is 12.8. The van der Waals surface area contributed by atoms with Crippen molar-refractivity contribution in [3.63, 3.8) is 0 Å². The fourth-order valence-electron chi connectivity index (χ4n) is 1.99. The Labute approximate surface area is 107 Å². The van der Waals surface area contributed by atoms with Crippen molar-refractivity contribution in [2.45, 2.75) is 6.92 Å². The summed E-state index contributed by atoms with van der Waals surface area (Å²) >= 11 is 0. The summed E-state index contributed by atoms with van der Waals surface area (Å²) in [6, 6.07) is 4.05. The summed E-state index contributed by atoms with van der Waals surface area (Å²) in [6.07, 6.45) is 1.73. The van der Waals surface area contributed by atoms with Crippen molar-refractivity contribution in [2.75, 3.05) is 44.7 Å². The lowest BCUT2D eigenvalue weighted by Crippen LogP contribution is -2.39. The molecule has 5 nitrogen and oxygen atoms in total. The Morgan fingerprint density at radius 2 is 2.28 bits per heavy atom. The highest BCUT2D eigenvalue weighted by atomic mass is 16.5. The Bertz CT molecular complexity index is 435. The molecule has 1 saturated heterocycles. The Morgan fingerprint density at radius 3 is 3.00 bits per heavy atom. The lowest BCUT2D eigenvalue weighted by molar-refractivity contribution is 0.0398. The van der Waals surface area contributed by atoms with Crippen molar-refractivity contribution >= 4 is 5.82 Å². The van der Waals surface area contributed by atoms with Crippen molar-refractivity contribution in [1.29, 1.82) is 5.26 Å². The normalized spacial score (nSPS) is 16.2. The highest BCUT2D eigenvalue weighted by Crippen LogP contribution is 2.14. The van der Waals surface area contributed by atoms with Gasteiger partial charge in [0.15, 0.2) is 0 Å². The van der Waals surface area contributed by atoms with Crippen LogP contribution in [-0.2, 0) is 4.74 Å². The zero-order valence-electron chi connectivity index (χ0n) is 10.6. The van der Waals surface area contributed by atoms with Gasteiger partial charge in [-0.2, -0.15) is 5.26 Å². The second-order valence-electron chi connectivity index (χ2n) is 4.34. The van der Waals surface area contributed by atoms with Crippen LogP contribution in [0, 0.1) is 18.3 Å². The van der Waals surface area contributed by atoms with Crippen LogP contribution >= 0.6 is 0 Å². The molecule has 1 aromatic rings. The largest absolute Gasteiger partial charge is 0.379 e. The number of rotatable bonds is 4. The quantitative estimate of drug-likeness (QED) is 0.859. The van der Waals surface area contributed by atoms with E-state index in [2.05, 4.69) is 21.3 Å². The van der Waals surface area contributed by atoms with Gasteiger partial charge in [-0.15, -0.1) is 0 Å². The van der Waals surface area contributed by atoms with Gasteiger partial charge in [0.05, 0.1) is 18.8 Å². The maximum Gasteiger partial charge on any atom is 0.144 e. The first-order chi connectivity index (χ1) is 8.81. The van der Waals surface area contributed by atoms with Crippen molar-refractivity contribution in [3.8, 4) is 6.07 Å². The van der Waals surface area contributed by atoms with Gasteiger partial charge in [-0.25, -0.2) is 4.98 Å². The second-order valence-corrected chi connectivity index (χ2v) is 4.34. The lowest BCUT2D eigenvalue weighted by atomic mass is 10.1. The molecule has 5 heteroatoms. The molecule has 1 N–H and O–H groups in total. The molecule has 1 aliphatic heterocycles. The highest BCUT2D eigenvalue weighted by Gasteiger charge is 2.10. The van der Waals surface area contributed by atoms with E-state index in [1.165, 1.54) is 0 Å². The van der Waals surface area contributed by atoms with E-state index in [9.17, 15) is 0 Å². The molecule has 1 aliphatic rings. The van der Waals surface area contributed by atoms with Gasteiger partial charge in [0.2, 0.25) is 0 Å². The number of anilines is 1. The summed E-state index contributed by atoms with van der Waals surface area (Å²) < 4.78 is 5.30. The summed E-state index contributed by atoms with van der Waals surface area (Å²) in [5.41, 5.74) is 1.60. The van der Waals surface area contributed by atoms with Gasteiger partial charge in [0, 0.05) is 32.4 Å². The molecule has 0 atom stereocenters. The van der Waals surface area contributed by atoms with E-state index < -0.39 is 0 Å². The third-order valence-corrected chi connectivity index (χ3v) is 3.10. The summed E-state index contributed by atoms with van der Waals surface area (Å²) in [5.74, 6) is 0.686. The first-order valence-electron chi connectivity index (χ1n) is 6.21. The van der Waals surface area contributed by atoms with E-state index in [1.54, 1.807) is 6.20 Å². The lowest BCUT2D eigenvalue weighted by Gasteiger charge is -2.26. The van der Waals surface area contributed by atoms with Gasteiger partial charge < -0.3 is 10.1 Å². The Hall–Kier alpha value is -1.64. The zero-order chi connectivity index (χ0) is 12.8. The van der Waals surface area contributed by atoms with Crippen molar-refractivity contribution < 1.29 is 4.74 Å². The van der Waals surface area contributed by atoms with Crippen LogP contribution in [0.5, 0.6) is 0 Å². The van der Waals surface area contributed by atoms with Crippen LogP contribution in [0.25, 0.3) is 0 Å². The van der Waals surface area contributed by atoms with Crippen LogP contribution in [0.4, 0.5) is 5.82 Å². The Kier molecular flexibility index (Phi) is 4.51. The number of aryl methyl sites for hydroxylation is 1. The van der Waals surface area contributed by atoms with E-state index in [1.807, 2.05) is 13.0 Å². The van der Waals surface area contributed by atoms with Crippen LogP contribution in [0.15, 0.2) is 12.3 Å². The third kappa shape index (κ3) is 3.19. The molecule has 0 bridgehead atoms. The number of aromatic nitrogens is 1. The number of nitrogens with zero attached hydrogens (tertiary/aromatic N) is 3. The van der Waals surface area contributed by atoms with E-state index in [4.69, 9.17) is 10.00 Å². The van der Waals surface area contributed by atoms with Gasteiger partial charge in [-0.05, 0) is 18.6 Å². The number of hydrogen-bond donors (Lipinski definition) is 1. The summed E-state index contributed by atoms with van der Waals surface area (Å²) in [6.45, 7) is 7.25. The van der Waals surface area contributed by atoms with Crippen molar-refractivity contribution in [3.05, 3.63) is 23.4 Å². The van der Waals surface area contributed by atoms with Crippen LogP contribution in [0.2, 0.25) is 0 Å². The molecule has 0 aliphatic carbocycles. The predicted octanol–water partition coefficient (Wildman–Crippen LogP) is 1.01. The molecule has 0 saturated carbocycles. The van der Waals surface area contributed by atoms with E-state index in [0.717, 1.165) is 45.0 Å². The number of hydrogen-bond acceptors (Lipinski definition) is 5. The molecular weight excluding hydrogens is 228 g/mol. The van der Waals surface area contributed by atoms with E-state index >= 15 is 0 Å². The number of pyridine rings is 1. The number of morpholine rings is 1. The van der Waals surface area contributed by atoms with Crippen molar-refractivity contribution in [2.24, 2.45) is 0 Å². The van der Waals surface area contributed by atoms with Crippen LogP contribution in [-0.4, -0.2) is 49.3 Å². The van der Waals surface area contributed by atoms with Crippen LogP contribution in [0.1, 0.15) is 11.1 Å². The molecule has 18 heavy (non-hydrogen) atoms. The molecular formula is C13H18N4O. The summed E-state index contributed by atoms with van der Waals surface area (Å²) in [5, 5.41) is 12.3. The monoisotopic (exact) mass is 246 g/mol. The fourth-order valence-corrected chi connectivity index (χ4v) is 1.99. The maximum absolute atomic E-state index is 9.09. The molecule has 1 fully saturated rings. The smallest absolute Gasteiger partial charge is 0.144 e. The molecule has 0 unspecified atom stereocenters. The Balaban J connectivity index is 1.86. The average molecular weight is 246 g/mol. The minimum absolute atomic E-state index is 0.638. The van der Waals surface area contributed by atoms with Crippen LogP contribution < -0.4 is 5.32 Å². The summed E-state index contributed by atoms with van der Waals surface area (Å²) in [4.78, 5) is 6.56. The molecule has 0 radical (unpaired) electrons. The standard InChI is InChI=1S/C13H18N4O/c1-11-2-3-15-13(12(11)10-14)16-4-5-17-6-8-18-9-7-17/h2-3H,4-9H2,1H3,(H,15,16). The van der Waals surface area contributed by atoms with Gasteiger partial charge in [0.25, 0.3) is 0 Å². The molecule has 0 amide bonds. The first-order valence-corrected chi connectivity index (χ1v) is 6.21. The number of nitrogens with one attached hydrogen (secondary N) is 1. The third-order valence-electron chi connectivity index (χ3n) is 3.10. The molecule has 1 aromatic heterocycles. The predicted molar refractivity (Wildman–Crippen MR) is 69.4 cm³/mol.